The van der Waals surface area contributed by atoms with Crippen LogP contribution in [0.4, 0.5) is 9.52 Å². The molecule has 4 aromatic rings. The molecule has 32 heavy (non-hydrogen) atoms. The third-order valence-electron chi connectivity index (χ3n) is 4.79. The number of aryl methyl sites for hydroxylation is 1. The highest BCUT2D eigenvalue weighted by atomic mass is 35.5. The maximum absolute atomic E-state index is 13.5. The van der Waals surface area contributed by atoms with Crippen molar-refractivity contribution in [2.75, 3.05) is 11.9 Å². The molecule has 2 aromatic carbocycles. The lowest BCUT2D eigenvalue weighted by Gasteiger charge is -2.04. The molecule has 0 spiro atoms. The molecule has 164 valence electrons. The molecule has 0 unspecified atom stereocenters. The summed E-state index contributed by atoms with van der Waals surface area (Å²) in [5.41, 5.74) is 2.89. The molecule has 0 aliphatic carbocycles. The molecular formula is C23H19ClFN3O2S2. The normalized spacial score (nSPS) is 11.0. The molecule has 0 saturated carbocycles. The third kappa shape index (κ3) is 5.15. The summed E-state index contributed by atoms with van der Waals surface area (Å²) in [7, 11) is 0. The lowest BCUT2D eigenvalue weighted by molar-refractivity contribution is -0.118. The average molecular weight is 488 g/mol. The number of benzene rings is 2. The Morgan fingerprint density at radius 3 is 2.69 bits per heavy atom. The van der Waals surface area contributed by atoms with Crippen molar-refractivity contribution < 1.29 is 14.0 Å². The predicted octanol–water partition coefficient (Wildman–Crippen LogP) is 6.14. The second-order valence-electron chi connectivity index (χ2n) is 7.16. The average Bonchev–Trinajstić information content (AvgIpc) is 3.36. The van der Waals surface area contributed by atoms with Gasteiger partial charge in [0.2, 0.25) is 5.91 Å². The molecule has 0 saturated heterocycles. The van der Waals surface area contributed by atoms with Gasteiger partial charge in [0.15, 0.2) is 5.13 Å². The fraction of sp³-hybridized carbons (Fsp3) is 0.174. The number of nitrogens with one attached hydrogen (secondary N) is 2. The van der Waals surface area contributed by atoms with E-state index in [2.05, 4.69) is 15.6 Å². The molecule has 2 aromatic heterocycles. The van der Waals surface area contributed by atoms with Gasteiger partial charge in [-0.2, -0.15) is 0 Å². The number of rotatable bonds is 7. The second kappa shape index (κ2) is 9.77. The Kier molecular flexibility index (Phi) is 6.83. The minimum Gasteiger partial charge on any atom is -0.356 e. The van der Waals surface area contributed by atoms with Gasteiger partial charge in [-0.3, -0.25) is 14.9 Å². The number of thiophene rings is 1. The molecule has 0 aliphatic rings. The number of hydrogen-bond acceptors (Lipinski definition) is 5. The van der Waals surface area contributed by atoms with Gasteiger partial charge in [-0.1, -0.05) is 35.9 Å². The Hall–Kier alpha value is -2.81. The van der Waals surface area contributed by atoms with Gasteiger partial charge in [-0.15, -0.1) is 22.7 Å². The summed E-state index contributed by atoms with van der Waals surface area (Å²) in [4.78, 5) is 28.5. The van der Waals surface area contributed by atoms with Crippen molar-refractivity contribution in [3.8, 4) is 11.3 Å². The molecule has 0 radical (unpaired) electrons. The third-order valence-corrected chi connectivity index (χ3v) is 7.20. The van der Waals surface area contributed by atoms with Gasteiger partial charge >= 0.3 is 0 Å². The zero-order valence-corrected chi connectivity index (χ0v) is 19.5. The van der Waals surface area contributed by atoms with E-state index in [1.807, 2.05) is 29.6 Å². The van der Waals surface area contributed by atoms with Crippen LogP contribution in [0.15, 0.2) is 47.8 Å². The number of carbonyl (C=O) groups is 2. The number of nitrogens with zero attached hydrogens (tertiary/aromatic N) is 1. The van der Waals surface area contributed by atoms with Crippen molar-refractivity contribution >= 4 is 61.3 Å². The summed E-state index contributed by atoms with van der Waals surface area (Å²) in [6, 6.07) is 12.3. The topological polar surface area (TPSA) is 71.1 Å². The first-order valence-electron chi connectivity index (χ1n) is 9.89. The van der Waals surface area contributed by atoms with Crippen molar-refractivity contribution in [1.29, 1.82) is 0 Å². The van der Waals surface area contributed by atoms with E-state index in [4.69, 9.17) is 11.6 Å². The van der Waals surface area contributed by atoms with Crippen LogP contribution >= 0.6 is 34.3 Å². The Balaban J connectivity index is 1.41. The summed E-state index contributed by atoms with van der Waals surface area (Å²) in [6.07, 6.45) is 1.75. The van der Waals surface area contributed by atoms with Crippen molar-refractivity contribution in [3.63, 3.8) is 0 Å². The van der Waals surface area contributed by atoms with E-state index in [-0.39, 0.29) is 17.6 Å². The summed E-state index contributed by atoms with van der Waals surface area (Å²) in [5, 5.41) is 8.88. The first kappa shape index (κ1) is 22.4. The maximum Gasteiger partial charge on any atom is 0.269 e. The number of anilines is 1. The van der Waals surface area contributed by atoms with Crippen LogP contribution in [-0.2, 0) is 11.2 Å². The monoisotopic (exact) mass is 487 g/mol. The number of hydrogen-bond donors (Lipinski definition) is 2. The minimum absolute atomic E-state index is 0.0182. The van der Waals surface area contributed by atoms with Gasteiger partial charge in [0.1, 0.15) is 10.7 Å². The molecule has 0 atom stereocenters. The Morgan fingerprint density at radius 1 is 1.16 bits per heavy atom. The fourth-order valence-electron chi connectivity index (χ4n) is 3.20. The van der Waals surface area contributed by atoms with E-state index in [0.29, 0.717) is 31.7 Å². The van der Waals surface area contributed by atoms with Gasteiger partial charge in [-0.05, 0) is 36.6 Å². The zero-order valence-electron chi connectivity index (χ0n) is 17.1. The smallest absolute Gasteiger partial charge is 0.269 e. The van der Waals surface area contributed by atoms with Crippen LogP contribution in [0.2, 0.25) is 5.02 Å². The van der Waals surface area contributed by atoms with Gasteiger partial charge in [0, 0.05) is 34.5 Å². The number of halogens is 2. The first-order chi connectivity index (χ1) is 15.4. The molecule has 2 amide bonds. The van der Waals surface area contributed by atoms with E-state index in [1.54, 1.807) is 6.07 Å². The SMILES string of the molecule is CC(=O)NCCCc1ccc(-c2csc(NC(=O)c3sc4cc(F)ccc4c3Cl)n2)cc1. The molecule has 2 N–H and O–H groups in total. The largest absolute Gasteiger partial charge is 0.356 e. The van der Waals surface area contributed by atoms with E-state index in [1.165, 1.54) is 36.0 Å². The van der Waals surface area contributed by atoms with Crippen LogP contribution in [0, 0.1) is 5.82 Å². The highest BCUT2D eigenvalue weighted by Crippen LogP contribution is 2.36. The van der Waals surface area contributed by atoms with Crippen LogP contribution in [0.5, 0.6) is 0 Å². The van der Waals surface area contributed by atoms with Crippen molar-refractivity contribution in [1.82, 2.24) is 10.3 Å². The molecule has 4 rings (SSSR count). The number of aromatic nitrogens is 1. The van der Waals surface area contributed by atoms with Crippen LogP contribution in [0.25, 0.3) is 21.3 Å². The van der Waals surface area contributed by atoms with Gasteiger partial charge in [-0.25, -0.2) is 9.37 Å². The van der Waals surface area contributed by atoms with E-state index >= 15 is 0 Å². The maximum atomic E-state index is 13.5. The molecule has 5 nitrogen and oxygen atoms in total. The molecule has 0 aliphatic heterocycles. The zero-order chi connectivity index (χ0) is 22.7. The summed E-state index contributed by atoms with van der Waals surface area (Å²) >= 11 is 8.81. The van der Waals surface area contributed by atoms with E-state index < -0.39 is 0 Å². The van der Waals surface area contributed by atoms with Crippen LogP contribution < -0.4 is 10.6 Å². The molecule has 2 heterocycles. The number of thiazole rings is 1. The molecule has 0 fully saturated rings. The Bertz CT molecular complexity index is 1280. The molecular weight excluding hydrogens is 469 g/mol. The van der Waals surface area contributed by atoms with Gasteiger partial charge in [0.25, 0.3) is 5.91 Å². The standard InChI is InChI=1S/C23H19ClFN3O2S2/c1-13(29)26-10-2-3-14-4-6-15(7-5-14)18-12-31-23(27-18)28-22(30)21-20(24)17-9-8-16(25)11-19(17)32-21/h4-9,11-12H,2-3,10H2,1H3,(H,26,29)(H,27,28,30). The Morgan fingerprint density at radius 2 is 1.94 bits per heavy atom. The van der Waals surface area contributed by atoms with Crippen LogP contribution in [0.1, 0.15) is 28.6 Å². The number of fused-ring (bicyclic) bond motifs is 1. The lowest BCUT2D eigenvalue weighted by atomic mass is 10.1. The van der Waals surface area contributed by atoms with Gasteiger partial charge in [0.05, 0.1) is 10.7 Å². The summed E-state index contributed by atoms with van der Waals surface area (Å²) in [5.74, 6) is -0.756. The lowest BCUT2D eigenvalue weighted by Crippen LogP contribution is -2.21. The van der Waals surface area contributed by atoms with Crippen LogP contribution in [-0.4, -0.2) is 23.3 Å². The van der Waals surface area contributed by atoms with Crippen molar-refractivity contribution in [2.24, 2.45) is 0 Å². The predicted molar refractivity (Wildman–Crippen MR) is 129 cm³/mol. The number of amides is 2. The van der Waals surface area contributed by atoms with E-state index in [0.717, 1.165) is 35.4 Å². The number of carbonyl (C=O) groups excluding carboxylic acids is 2. The molecule has 9 heteroatoms. The summed E-state index contributed by atoms with van der Waals surface area (Å²) < 4.78 is 14.1. The second-order valence-corrected chi connectivity index (χ2v) is 9.45. The highest BCUT2D eigenvalue weighted by Gasteiger charge is 2.19. The molecule has 0 bridgehead atoms. The van der Waals surface area contributed by atoms with Crippen LogP contribution in [0.3, 0.4) is 0 Å². The first-order valence-corrected chi connectivity index (χ1v) is 12.0. The van der Waals surface area contributed by atoms with Gasteiger partial charge < -0.3 is 5.32 Å². The van der Waals surface area contributed by atoms with E-state index in [9.17, 15) is 14.0 Å². The van der Waals surface area contributed by atoms with Crippen molar-refractivity contribution in [2.45, 2.75) is 19.8 Å². The quantitative estimate of drug-likeness (QED) is 0.308. The Labute approximate surface area is 197 Å². The van der Waals surface area contributed by atoms with Crippen molar-refractivity contribution in [3.05, 3.63) is 69.1 Å². The highest BCUT2D eigenvalue weighted by molar-refractivity contribution is 7.22. The fourth-order valence-corrected chi connectivity index (χ4v) is 5.35. The minimum atomic E-state index is -0.370. The summed E-state index contributed by atoms with van der Waals surface area (Å²) in [6.45, 7) is 2.17.